The summed E-state index contributed by atoms with van der Waals surface area (Å²) in [6.45, 7) is 19.0. The molecule has 0 spiro atoms. The lowest BCUT2D eigenvalue weighted by Gasteiger charge is -2.38. The molecule has 0 aliphatic rings. The van der Waals surface area contributed by atoms with Crippen LogP contribution in [0.4, 0.5) is 0 Å². The highest BCUT2D eigenvalue weighted by molar-refractivity contribution is 4.80. The first kappa shape index (κ1) is 15.0. The summed E-state index contributed by atoms with van der Waals surface area (Å²) >= 11 is 0. The van der Waals surface area contributed by atoms with Crippen LogP contribution in [0.1, 0.15) is 74.7 Å². The smallest absolute Gasteiger partial charge is 0.0354 e. The molecule has 0 fully saturated rings. The third kappa shape index (κ3) is 5.04. The van der Waals surface area contributed by atoms with Gasteiger partial charge < -0.3 is 0 Å². The average molecular weight is 212 g/mol. The maximum Gasteiger partial charge on any atom is -0.0354 e. The molecule has 0 bridgehead atoms. The van der Waals surface area contributed by atoms with Gasteiger partial charge in [0.25, 0.3) is 0 Å². The van der Waals surface area contributed by atoms with Crippen molar-refractivity contribution in [2.45, 2.75) is 74.7 Å². The second-order valence-electron chi connectivity index (χ2n) is 7.18. The van der Waals surface area contributed by atoms with E-state index in [1.54, 1.807) is 0 Å². The van der Waals surface area contributed by atoms with Crippen LogP contribution in [0.25, 0.3) is 0 Å². The maximum atomic E-state index is 2.39. The van der Waals surface area contributed by atoms with Gasteiger partial charge in [0.2, 0.25) is 0 Å². The minimum atomic E-state index is 0.466. The van der Waals surface area contributed by atoms with Crippen molar-refractivity contribution in [2.75, 3.05) is 0 Å². The van der Waals surface area contributed by atoms with Gasteiger partial charge in [0, 0.05) is 0 Å². The zero-order chi connectivity index (χ0) is 12.3. The molecular formula is C15H32. The van der Waals surface area contributed by atoms with Crippen molar-refractivity contribution in [2.24, 2.45) is 22.7 Å². The van der Waals surface area contributed by atoms with Crippen molar-refractivity contribution in [3.8, 4) is 0 Å². The molecule has 2 atom stereocenters. The maximum absolute atomic E-state index is 2.39. The predicted molar refractivity (Wildman–Crippen MR) is 71.1 cm³/mol. The summed E-state index contributed by atoms with van der Waals surface area (Å²) in [5, 5.41) is 0. The highest BCUT2D eigenvalue weighted by atomic mass is 14.4. The first-order valence-corrected chi connectivity index (χ1v) is 6.62. The molecule has 0 aromatic carbocycles. The summed E-state index contributed by atoms with van der Waals surface area (Å²) in [4.78, 5) is 0. The van der Waals surface area contributed by atoms with Gasteiger partial charge >= 0.3 is 0 Å². The molecule has 0 saturated carbocycles. The summed E-state index contributed by atoms with van der Waals surface area (Å²) in [5.41, 5.74) is 0.931. The van der Waals surface area contributed by atoms with Crippen molar-refractivity contribution < 1.29 is 0 Å². The van der Waals surface area contributed by atoms with Gasteiger partial charge in [-0.2, -0.15) is 0 Å². The van der Waals surface area contributed by atoms with Crippen LogP contribution in [-0.2, 0) is 0 Å². The summed E-state index contributed by atoms with van der Waals surface area (Å²) in [6, 6.07) is 0. The molecule has 0 heteroatoms. The molecule has 0 aromatic heterocycles. The van der Waals surface area contributed by atoms with Gasteiger partial charge in [-0.05, 0) is 29.1 Å². The zero-order valence-electron chi connectivity index (χ0n) is 12.3. The Morgan fingerprint density at radius 3 is 1.07 bits per heavy atom. The van der Waals surface area contributed by atoms with E-state index in [9.17, 15) is 0 Å². The third-order valence-corrected chi connectivity index (χ3v) is 4.00. The molecule has 0 rings (SSSR count). The van der Waals surface area contributed by atoms with Crippen molar-refractivity contribution >= 4 is 0 Å². The summed E-state index contributed by atoms with van der Waals surface area (Å²) in [7, 11) is 0. The molecule has 92 valence electrons. The summed E-state index contributed by atoms with van der Waals surface area (Å²) in [6.07, 6.45) is 4.02. The SMILES string of the molecule is CCC(CC(CC)C(C)(C)C)C(C)(C)C. The van der Waals surface area contributed by atoms with E-state index in [1.807, 2.05) is 0 Å². The van der Waals surface area contributed by atoms with Gasteiger partial charge in [-0.3, -0.25) is 0 Å². The quantitative estimate of drug-likeness (QED) is 0.575. The lowest BCUT2D eigenvalue weighted by Crippen LogP contribution is -2.28. The van der Waals surface area contributed by atoms with Crippen LogP contribution in [0.2, 0.25) is 0 Å². The molecule has 0 aliphatic heterocycles. The van der Waals surface area contributed by atoms with Crippen LogP contribution < -0.4 is 0 Å². The van der Waals surface area contributed by atoms with E-state index < -0.39 is 0 Å². The van der Waals surface area contributed by atoms with E-state index in [0.29, 0.717) is 10.8 Å². The van der Waals surface area contributed by atoms with E-state index in [4.69, 9.17) is 0 Å². The minimum Gasteiger partial charge on any atom is -0.0651 e. The zero-order valence-corrected chi connectivity index (χ0v) is 12.3. The molecule has 15 heavy (non-hydrogen) atoms. The van der Waals surface area contributed by atoms with Crippen molar-refractivity contribution in [1.29, 1.82) is 0 Å². The van der Waals surface area contributed by atoms with E-state index >= 15 is 0 Å². The van der Waals surface area contributed by atoms with Gasteiger partial charge in [0.1, 0.15) is 0 Å². The highest BCUT2D eigenvalue weighted by Gasteiger charge is 2.30. The molecule has 0 heterocycles. The van der Waals surface area contributed by atoms with Crippen LogP contribution in [0.5, 0.6) is 0 Å². The van der Waals surface area contributed by atoms with Gasteiger partial charge in [-0.1, -0.05) is 68.2 Å². The fraction of sp³-hybridized carbons (Fsp3) is 1.00. The Morgan fingerprint density at radius 1 is 0.667 bits per heavy atom. The molecule has 0 aliphatic carbocycles. The topological polar surface area (TPSA) is 0 Å². The molecule has 0 N–H and O–H groups in total. The number of hydrogen-bond acceptors (Lipinski definition) is 0. The second-order valence-corrected chi connectivity index (χ2v) is 7.18. The molecule has 0 nitrogen and oxygen atoms in total. The van der Waals surface area contributed by atoms with E-state index in [-0.39, 0.29) is 0 Å². The molecular weight excluding hydrogens is 180 g/mol. The Kier molecular flexibility index (Phi) is 5.37. The van der Waals surface area contributed by atoms with Gasteiger partial charge in [-0.25, -0.2) is 0 Å². The van der Waals surface area contributed by atoms with Crippen LogP contribution in [-0.4, -0.2) is 0 Å². The Balaban J connectivity index is 4.52. The van der Waals surface area contributed by atoms with Gasteiger partial charge in [0.15, 0.2) is 0 Å². The minimum absolute atomic E-state index is 0.466. The van der Waals surface area contributed by atoms with Crippen molar-refractivity contribution in [3.63, 3.8) is 0 Å². The van der Waals surface area contributed by atoms with Crippen LogP contribution in [0.15, 0.2) is 0 Å². The van der Waals surface area contributed by atoms with Crippen LogP contribution in [0, 0.1) is 22.7 Å². The second kappa shape index (κ2) is 5.37. The van der Waals surface area contributed by atoms with E-state index in [2.05, 4.69) is 55.4 Å². The standard InChI is InChI=1S/C15H32/c1-9-12(14(3,4)5)11-13(10-2)15(6,7)8/h12-13H,9-11H2,1-8H3. The fourth-order valence-corrected chi connectivity index (χ4v) is 2.61. The normalized spacial score (nSPS) is 17.6. The molecule has 0 radical (unpaired) electrons. The van der Waals surface area contributed by atoms with Crippen molar-refractivity contribution in [3.05, 3.63) is 0 Å². The summed E-state index contributed by atoms with van der Waals surface area (Å²) in [5.74, 6) is 1.73. The van der Waals surface area contributed by atoms with Gasteiger partial charge in [-0.15, -0.1) is 0 Å². The monoisotopic (exact) mass is 212 g/mol. The molecule has 0 amide bonds. The van der Waals surface area contributed by atoms with Crippen LogP contribution >= 0.6 is 0 Å². The lowest BCUT2D eigenvalue weighted by molar-refractivity contribution is 0.127. The Bertz CT molecular complexity index is 145. The summed E-state index contributed by atoms with van der Waals surface area (Å²) < 4.78 is 0. The molecule has 0 aromatic rings. The average Bonchev–Trinajstić information content (AvgIpc) is 2.01. The first-order chi connectivity index (χ1) is 6.62. The largest absolute Gasteiger partial charge is 0.0651 e. The lowest BCUT2D eigenvalue weighted by atomic mass is 9.68. The highest BCUT2D eigenvalue weighted by Crippen LogP contribution is 2.40. The number of hydrogen-bond donors (Lipinski definition) is 0. The molecule has 2 unspecified atom stereocenters. The van der Waals surface area contributed by atoms with E-state index in [1.165, 1.54) is 19.3 Å². The molecule has 0 saturated heterocycles. The Hall–Kier alpha value is 0. The predicted octanol–water partition coefficient (Wildman–Crippen LogP) is 5.52. The Labute approximate surface area is 97.8 Å². The Morgan fingerprint density at radius 2 is 0.933 bits per heavy atom. The first-order valence-electron chi connectivity index (χ1n) is 6.62. The van der Waals surface area contributed by atoms with Gasteiger partial charge in [0.05, 0.1) is 0 Å². The third-order valence-electron chi connectivity index (χ3n) is 4.00. The van der Waals surface area contributed by atoms with Crippen LogP contribution in [0.3, 0.4) is 0 Å². The van der Waals surface area contributed by atoms with E-state index in [0.717, 1.165) is 11.8 Å². The number of rotatable bonds is 4. The fourth-order valence-electron chi connectivity index (χ4n) is 2.61. The van der Waals surface area contributed by atoms with Crippen molar-refractivity contribution in [1.82, 2.24) is 0 Å².